The molecule has 1 aliphatic carbocycles. The molecule has 0 aromatic heterocycles. The van der Waals surface area contributed by atoms with E-state index in [0.717, 1.165) is 12.8 Å². The standard InChI is InChI=1S/C14H19FN2O2/c1-9(8-19-2)14(18)17-13-11(15)4-3-5-12(13)16-10-6-7-10/h3-5,9-10,16H,6-8H2,1-2H3,(H,17,18)/t9-/m1/s1. The van der Waals surface area contributed by atoms with Gasteiger partial charge in [0.05, 0.1) is 18.2 Å². The van der Waals surface area contributed by atoms with Gasteiger partial charge < -0.3 is 15.4 Å². The number of carbonyl (C=O) groups is 1. The van der Waals surface area contributed by atoms with Crippen LogP contribution in [0.25, 0.3) is 0 Å². The molecule has 0 aliphatic heterocycles. The molecule has 2 N–H and O–H groups in total. The number of hydrogen-bond donors (Lipinski definition) is 2. The average Bonchev–Trinajstić information content (AvgIpc) is 3.17. The molecule has 0 unspecified atom stereocenters. The fourth-order valence-corrected chi connectivity index (χ4v) is 1.79. The van der Waals surface area contributed by atoms with Crippen molar-refractivity contribution in [3.63, 3.8) is 0 Å². The lowest BCUT2D eigenvalue weighted by Crippen LogP contribution is -2.25. The Labute approximate surface area is 112 Å². The van der Waals surface area contributed by atoms with Gasteiger partial charge in [0, 0.05) is 13.2 Å². The topological polar surface area (TPSA) is 50.4 Å². The summed E-state index contributed by atoms with van der Waals surface area (Å²) in [5.41, 5.74) is 0.864. The molecule has 2 rings (SSSR count). The van der Waals surface area contributed by atoms with Gasteiger partial charge in [-0.15, -0.1) is 0 Å². The number of methoxy groups -OCH3 is 1. The quantitative estimate of drug-likeness (QED) is 0.832. The summed E-state index contributed by atoms with van der Waals surface area (Å²) in [6, 6.07) is 5.15. The number of hydrogen-bond acceptors (Lipinski definition) is 3. The van der Waals surface area contributed by atoms with E-state index in [2.05, 4.69) is 10.6 Å². The molecule has 1 aromatic rings. The largest absolute Gasteiger partial charge is 0.384 e. The minimum Gasteiger partial charge on any atom is -0.384 e. The number of ether oxygens (including phenoxy) is 1. The number of rotatable bonds is 6. The van der Waals surface area contributed by atoms with Crippen LogP contribution in [0.5, 0.6) is 0 Å². The lowest BCUT2D eigenvalue weighted by Gasteiger charge is -2.16. The molecule has 0 saturated heterocycles. The Bertz CT molecular complexity index is 461. The number of halogens is 1. The van der Waals surface area contributed by atoms with Gasteiger partial charge in [0.25, 0.3) is 0 Å². The number of anilines is 2. The Morgan fingerprint density at radius 3 is 2.89 bits per heavy atom. The Morgan fingerprint density at radius 1 is 1.53 bits per heavy atom. The molecule has 1 amide bonds. The first-order chi connectivity index (χ1) is 9.11. The van der Waals surface area contributed by atoms with Gasteiger partial charge in [0.15, 0.2) is 0 Å². The third kappa shape index (κ3) is 3.67. The molecule has 1 saturated carbocycles. The summed E-state index contributed by atoms with van der Waals surface area (Å²) < 4.78 is 18.8. The molecule has 1 aliphatic rings. The van der Waals surface area contributed by atoms with Crippen molar-refractivity contribution < 1.29 is 13.9 Å². The van der Waals surface area contributed by atoms with Crippen LogP contribution in [-0.4, -0.2) is 25.7 Å². The van der Waals surface area contributed by atoms with Gasteiger partial charge in [0.2, 0.25) is 5.91 Å². The van der Waals surface area contributed by atoms with Gasteiger partial charge in [-0.3, -0.25) is 4.79 Å². The van der Waals surface area contributed by atoms with Gasteiger partial charge in [-0.1, -0.05) is 13.0 Å². The Morgan fingerprint density at radius 2 is 2.26 bits per heavy atom. The zero-order valence-electron chi connectivity index (χ0n) is 11.2. The van der Waals surface area contributed by atoms with Crippen molar-refractivity contribution in [3.05, 3.63) is 24.0 Å². The van der Waals surface area contributed by atoms with Crippen molar-refractivity contribution in [3.8, 4) is 0 Å². The summed E-state index contributed by atoms with van der Waals surface area (Å²) in [5, 5.41) is 5.86. The molecular formula is C14H19FN2O2. The highest BCUT2D eigenvalue weighted by Gasteiger charge is 2.23. The van der Waals surface area contributed by atoms with Crippen molar-refractivity contribution in [1.29, 1.82) is 0 Å². The zero-order valence-corrected chi connectivity index (χ0v) is 11.2. The number of para-hydroxylation sites is 1. The number of nitrogens with one attached hydrogen (secondary N) is 2. The third-order valence-electron chi connectivity index (χ3n) is 3.06. The molecule has 4 nitrogen and oxygen atoms in total. The van der Waals surface area contributed by atoms with E-state index in [1.54, 1.807) is 19.1 Å². The van der Waals surface area contributed by atoms with E-state index in [4.69, 9.17) is 4.74 Å². The van der Waals surface area contributed by atoms with Crippen LogP contribution in [-0.2, 0) is 9.53 Å². The Kier molecular flexibility index (Phi) is 4.37. The van der Waals surface area contributed by atoms with E-state index in [1.165, 1.54) is 13.2 Å². The highest BCUT2D eigenvalue weighted by molar-refractivity contribution is 5.95. The van der Waals surface area contributed by atoms with Crippen molar-refractivity contribution in [1.82, 2.24) is 0 Å². The van der Waals surface area contributed by atoms with Crippen LogP contribution in [0, 0.1) is 11.7 Å². The van der Waals surface area contributed by atoms with E-state index in [-0.39, 0.29) is 17.5 Å². The molecule has 0 bridgehead atoms. The number of benzene rings is 1. The predicted molar refractivity (Wildman–Crippen MR) is 72.7 cm³/mol. The molecule has 0 spiro atoms. The SMILES string of the molecule is COC[C@@H](C)C(=O)Nc1c(F)cccc1NC1CC1. The number of amides is 1. The summed E-state index contributed by atoms with van der Waals surface area (Å²) in [5.74, 6) is -0.993. The molecule has 0 heterocycles. The van der Waals surface area contributed by atoms with Crippen LogP contribution in [0.15, 0.2) is 18.2 Å². The van der Waals surface area contributed by atoms with Crippen LogP contribution in [0.2, 0.25) is 0 Å². The van der Waals surface area contributed by atoms with E-state index in [1.807, 2.05) is 0 Å². The molecule has 1 aromatic carbocycles. The van der Waals surface area contributed by atoms with E-state index >= 15 is 0 Å². The van der Waals surface area contributed by atoms with Gasteiger partial charge in [-0.05, 0) is 25.0 Å². The summed E-state index contributed by atoms with van der Waals surface area (Å²) in [6.07, 6.45) is 2.17. The van der Waals surface area contributed by atoms with Gasteiger partial charge in [-0.25, -0.2) is 4.39 Å². The maximum atomic E-state index is 13.8. The average molecular weight is 266 g/mol. The van der Waals surface area contributed by atoms with E-state index in [0.29, 0.717) is 18.3 Å². The minimum atomic E-state index is -0.427. The monoisotopic (exact) mass is 266 g/mol. The van der Waals surface area contributed by atoms with Crippen molar-refractivity contribution >= 4 is 17.3 Å². The number of carbonyl (C=O) groups excluding carboxylic acids is 1. The third-order valence-corrected chi connectivity index (χ3v) is 3.06. The lowest BCUT2D eigenvalue weighted by atomic mass is 10.1. The van der Waals surface area contributed by atoms with Gasteiger partial charge in [0.1, 0.15) is 11.5 Å². The second kappa shape index (κ2) is 6.02. The smallest absolute Gasteiger partial charge is 0.229 e. The molecule has 5 heteroatoms. The second-order valence-electron chi connectivity index (χ2n) is 4.93. The van der Waals surface area contributed by atoms with E-state index in [9.17, 15) is 9.18 Å². The normalized spacial score (nSPS) is 15.9. The molecule has 0 radical (unpaired) electrons. The zero-order chi connectivity index (χ0) is 13.8. The summed E-state index contributed by atoms with van der Waals surface area (Å²) >= 11 is 0. The van der Waals surface area contributed by atoms with Gasteiger partial charge in [-0.2, -0.15) is 0 Å². The van der Waals surface area contributed by atoms with Crippen molar-refractivity contribution in [2.75, 3.05) is 24.4 Å². The fraction of sp³-hybridized carbons (Fsp3) is 0.500. The van der Waals surface area contributed by atoms with Crippen molar-refractivity contribution in [2.45, 2.75) is 25.8 Å². The summed E-state index contributed by atoms with van der Waals surface area (Å²) in [6.45, 7) is 2.05. The van der Waals surface area contributed by atoms with Crippen LogP contribution in [0.4, 0.5) is 15.8 Å². The highest BCUT2D eigenvalue weighted by Crippen LogP contribution is 2.31. The summed E-state index contributed by atoms with van der Waals surface area (Å²) in [4.78, 5) is 11.9. The first-order valence-electron chi connectivity index (χ1n) is 6.46. The van der Waals surface area contributed by atoms with Crippen molar-refractivity contribution in [2.24, 2.45) is 5.92 Å². The molecular weight excluding hydrogens is 247 g/mol. The lowest BCUT2D eigenvalue weighted by molar-refractivity contribution is -0.120. The first-order valence-corrected chi connectivity index (χ1v) is 6.46. The van der Waals surface area contributed by atoms with E-state index < -0.39 is 5.82 Å². The Balaban J connectivity index is 2.11. The molecule has 19 heavy (non-hydrogen) atoms. The van der Waals surface area contributed by atoms with Crippen LogP contribution >= 0.6 is 0 Å². The van der Waals surface area contributed by atoms with Crippen LogP contribution in [0.1, 0.15) is 19.8 Å². The second-order valence-corrected chi connectivity index (χ2v) is 4.93. The molecule has 104 valence electrons. The highest BCUT2D eigenvalue weighted by atomic mass is 19.1. The Hall–Kier alpha value is -1.62. The first kappa shape index (κ1) is 13.8. The molecule has 1 atom stereocenters. The fourth-order valence-electron chi connectivity index (χ4n) is 1.79. The maximum absolute atomic E-state index is 13.8. The summed E-state index contributed by atoms with van der Waals surface area (Å²) in [7, 11) is 1.53. The molecule has 1 fully saturated rings. The minimum absolute atomic E-state index is 0.224. The van der Waals surface area contributed by atoms with Gasteiger partial charge >= 0.3 is 0 Å². The maximum Gasteiger partial charge on any atom is 0.229 e. The van der Waals surface area contributed by atoms with Crippen LogP contribution in [0.3, 0.4) is 0 Å². The van der Waals surface area contributed by atoms with Crippen LogP contribution < -0.4 is 10.6 Å². The predicted octanol–water partition coefficient (Wildman–Crippen LogP) is 2.62.